The SMILES string of the molecule is CNC(=O)c1ccc(C(=O)N2CCCCC2C(=O)O)cn1. The van der Waals surface area contributed by atoms with E-state index in [1.807, 2.05) is 0 Å². The topological polar surface area (TPSA) is 99.6 Å². The number of carboxylic acid groups (broad SMARTS) is 1. The standard InChI is InChI=1S/C14H17N3O4/c1-15-12(18)10-6-5-9(8-16-10)13(19)17-7-3-2-4-11(17)14(20)21/h5-6,8,11H,2-4,7H2,1H3,(H,15,18)(H,20,21). The van der Waals surface area contributed by atoms with E-state index in [0.717, 1.165) is 12.8 Å². The van der Waals surface area contributed by atoms with E-state index in [0.29, 0.717) is 13.0 Å². The summed E-state index contributed by atoms with van der Waals surface area (Å²) in [6.45, 7) is 0.424. The van der Waals surface area contributed by atoms with Crippen LogP contribution in [0.1, 0.15) is 40.1 Å². The lowest BCUT2D eigenvalue weighted by Crippen LogP contribution is -2.48. The van der Waals surface area contributed by atoms with Crippen LogP contribution in [0, 0.1) is 0 Å². The summed E-state index contributed by atoms with van der Waals surface area (Å²) in [6.07, 6.45) is 3.36. The van der Waals surface area contributed by atoms with Crippen molar-refractivity contribution in [3.8, 4) is 0 Å². The molecule has 1 unspecified atom stereocenters. The molecule has 1 aliphatic rings. The maximum Gasteiger partial charge on any atom is 0.326 e. The quantitative estimate of drug-likeness (QED) is 0.845. The Morgan fingerprint density at radius 1 is 1.33 bits per heavy atom. The third kappa shape index (κ3) is 3.18. The minimum Gasteiger partial charge on any atom is -0.480 e. The number of hydrogen-bond acceptors (Lipinski definition) is 4. The average Bonchev–Trinajstić information content (AvgIpc) is 2.53. The van der Waals surface area contributed by atoms with Gasteiger partial charge in [-0.25, -0.2) is 4.79 Å². The van der Waals surface area contributed by atoms with E-state index in [1.165, 1.54) is 30.3 Å². The minimum atomic E-state index is -0.988. The number of pyridine rings is 1. The molecule has 1 aliphatic heterocycles. The highest BCUT2D eigenvalue weighted by molar-refractivity contribution is 5.97. The molecule has 1 atom stereocenters. The van der Waals surface area contributed by atoms with Gasteiger partial charge in [-0.2, -0.15) is 0 Å². The van der Waals surface area contributed by atoms with Gasteiger partial charge in [-0.05, 0) is 31.4 Å². The summed E-state index contributed by atoms with van der Waals surface area (Å²) in [7, 11) is 1.49. The van der Waals surface area contributed by atoms with E-state index in [9.17, 15) is 19.5 Å². The largest absolute Gasteiger partial charge is 0.480 e. The number of aromatic nitrogens is 1. The molecule has 1 aromatic rings. The number of amides is 2. The second-order valence-electron chi connectivity index (χ2n) is 4.86. The smallest absolute Gasteiger partial charge is 0.326 e. The average molecular weight is 291 g/mol. The Kier molecular flexibility index (Phi) is 4.52. The summed E-state index contributed by atoms with van der Waals surface area (Å²) in [5.41, 5.74) is 0.498. The second-order valence-corrected chi connectivity index (χ2v) is 4.86. The summed E-state index contributed by atoms with van der Waals surface area (Å²) in [5, 5.41) is 11.6. The van der Waals surface area contributed by atoms with Gasteiger partial charge in [0.25, 0.3) is 11.8 Å². The molecule has 2 amide bonds. The van der Waals surface area contributed by atoms with Crippen molar-refractivity contribution in [2.75, 3.05) is 13.6 Å². The van der Waals surface area contributed by atoms with Crippen LogP contribution >= 0.6 is 0 Å². The van der Waals surface area contributed by atoms with Crippen LogP contribution in [-0.2, 0) is 4.79 Å². The molecule has 1 fully saturated rings. The number of carboxylic acids is 1. The highest BCUT2D eigenvalue weighted by atomic mass is 16.4. The Balaban J connectivity index is 2.18. The van der Waals surface area contributed by atoms with Crippen LogP contribution in [-0.4, -0.2) is 52.4 Å². The van der Waals surface area contributed by atoms with E-state index in [2.05, 4.69) is 10.3 Å². The van der Waals surface area contributed by atoms with Gasteiger partial charge in [0.05, 0.1) is 5.56 Å². The summed E-state index contributed by atoms with van der Waals surface area (Å²) in [5.74, 6) is -1.69. The molecule has 2 heterocycles. The first-order valence-corrected chi connectivity index (χ1v) is 6.76. The molecule has 112 valence electrons. The molecule has 2 rings (SSSR count). The van der Waals surface area contributed by atoms with Crippen molar-refractivity contribution in [3.05, 3.63) is 29.6 Å². The van der Waals surface area contributed by atoms with Crippen LogP contribution in [0.3, 0.4) is 0 Å². The van der Waals surface area contributed by atoms with Gasteiger partial charge in [-0.3, -0.25) is 14.6 Å². The third-order valence-electron chi connectivity index (χ3n) is 3.52. The van der Waals surface area contributed by atoms with Crippen LogP contribution in [0.4, 0.5) is 0 Å². The molecule has 0 bridgehead atoms. The number of nitrogens with one attached hydrogen (secondary N) is 1. The lowest BCUT2D eigenvalue weighted by Gasteiger charge is -2.32. The fourth-order valence-corrected chi connectivity index (χ4v) is 2.38. The third-order valence-corrected chi connectivity index (χ3v) is 3.52. The van der Waals surface area contributed by atoms with Gasteiger partial charge >= 0.3 is 5.97 Å². The lowest BCUT2D eigenvalue weighted by atomic mass is 10.0. The first-order chi connectivity index (χ1) is 10.0. The van der Waals surface area contributed by atoms with E-state index in [4.69, 9.17) is 0 Å². The molecule has 7 heteroatoms. The van der Waals surface area contributed by atoms with E-state index < -0.39 is 12.0 Å². The molecule has 21 heavy (non-hydrogen) atoms. The summed E-state index contributed by atoms with van der Waals surface area (Å²) in [4.78, 5) is 40.3. The Morgan fingerprint density at radius 2 is 2.10 bits per heavy atom. The number of piperidine rings is 1. The van der Waals surface area contributed by atoms with Crippen molar-refractivity contribution in [1.82, 2.24) is 15.2 Å². The van der Waals surface area contributed by atoms with Crippen molar-refractivity contribution in [1.29, 1.82) is 0 Å². The predicted molar refractivity (Wildman–Crippen MR) is 73.9 cm³/mol. The number of likely N-dealkylation sites (tertiary alicyclic amines) is 1. The number of hydrogen-bond donors (Lipinski definition) is 2. The number of carbonyl (C=O) groups is 3. The van der Waals surface area contributed by atoms with Crippen LogP contribution in [0.2, 0.25) is 0 Å². The first kappa shape index (κ1) is 15.0. The van der Waals surface area contributed by atoms with Crippen LogP contribution in [0.25, 0.3) is 0 Å². The van der Waals surface area contributed by atoms with E-state index in [-0.39, 0.29) is 23.1 Å². The maximum atomic E-state index is 12.4. The maximum absolute atomic E-state index is 12.4. The highest BCUT2D eigenvalue weighted by Crippen LogP contribution is 2.19. The van der Waals surface area contributed by atoms with Crippen molar-refractivity contribution in [2.24, 2.45) is 0 Å². The highest BCUT2D eigenvalue weighted by Gasteiger charge is 2.32. The fraction of sp³-hybridized carbons (Fsp3) is 0.429. The number of nitrogens with zero attached hydrogens (tertiary/aromatic N) is 2. The fourth-order valence-electron chi connectivity index (χ4n) is 2.38. The summed E-state index contributed by atoms with van der Waals surface area (Å²) < 4.78 is 0. The van der Waals surface area contributed by atoms with Crippen LogP contribution in [0.5, 0.6) is 0 Å². The van der Waals surface area contributed by atoms with Gasteiger partial charge in [0, 0.05) is 19.8 Å². The predicted octanol–water partition coefficient (Wildman–Crippen LogP) is 0.520. The van der Waals surface area contributed by atoms with Gasteiger partial charge in [0.1, 0.15) is 11.7 Å². The van der Waals surface area contributed by atoms with E-state index >= 15 is 0 Å². The van der Waals surface area contributed by atoms with Gasteiger partial charge in [-0.1, -0.05) is 0 Å². The van der Waals surface area contributed by atoms with E-state index in [1.54, 1.807) is 0 Å². The van der Waals surface area contributed by atoms with Crippen LogP contribution in [0.15, 0.2) is 18.3 Å². The van der Waals surface area contributed by atoms with Crippen LogP contribution < -0.4 is 5.32 Å². The Morgan fingerprint density at radius 3 is 2.67 bits per heavy atom. The van der Waals surface area contributed by atoms with Gasteiger partial charge < -0.3 is 15.3 Å². The first-order valence-electron chi connectivity index (χ1n) is 6.76. The van der Waals surface area contributed by atoms with Crippen molar-refractivity contribution in [2.45, 2.75) is 25.3 Å². The summed E-state index contributed by atoms with van der Waals surface area (Å²) >= 11 is 0. The minimum absolute atomic E-state index is 0.211. The molecule has 1 saturated heterocycles. The summed E-state index contributed by atoms with van der Waals surface area (Å²) in [6, 6.07) is 2.16. The number of rotatable bonds is 3. The zero-order valence-corrected chi connectivity index (χ0v) is 11.7. The molecule has 0 aliphatic carbocycles. The Bertz CT molecular complexity index is 556. The number of carbonyl (C=O) groups excluding carboxylic acids is 2. The number of aliphatic carboxylic acids is 1. The molecular formula is C14H17N3O4. The Hall–Kier alpha value is -2.44. The van der Waals surface area contributed by atoms with Crippen molar-refractivity contribution < 1.29 is 19.5 Å². The molecule has 0 spiro atoms. The van der Waals surface area contributed by atoms with Gasteiger partial charge in [0.15, 0.2) is 0 Å². The monoisotopic (exact) mass is 291 g/mol. The van der Waals surface area contributed by atoms with Gasteiger partial charge in [-0.15, -0.1) is 0 Å². The second kappa shape index (κ2) is 6.34. The molecular weight excluding hydrogens is 274 g/mol. The molecule has 0 radical (unpaired) electrons. The Labute approximate surface area is 122 Å². The lowest BCUT2D eigenvalue weighted by molar-refractivity contribution is -0.143. The molecule has 1 aromatic heterocycles. The van der Waals surface area contributed by atoms with Crippen molar-refractivity contribution >= 4 is 17.8 Å². The van der Waals surface area contributed by atoms with Gasteiger partial charge in [0.2, 0.25) is 0 Å². The molecule has 7 nitrogen and oxygen atoms in total. The molecule has 0 aromatic carbocycles. The molecule has 0 saturated carbocycles. The zero-order chi connectivity index (χ0) is 15.4. The zero-order valence-electron chi connectivity index (χ0n) is 11.7. The van der Waals surface area contributed by atoms with Crippen molar-refractivity contribution in [3.63, 3.8) is 0 Å². The normalized spacial score (nSPS) is 18.1. The molecule has 2 N–H and O–H groups in total.